The molecule has 0 saturated carbocycles. The molecule has 0 bridgehead atoms. The van der Waals surface area contributed by atoms with Gasteiger partial charge in [0.15, 0.2) is 0 Å². The normalized spacial score (nSPS) is 15.7. The number of halogens is 2. The van der Waals surface area contributed by atoms with Crippen LogP contribution in [0.2, 0.25) is 0 Å². The smallest absolute Gasteiger partial charge is 0.326 e. The van der Waals surface area contributed by atoms with Crippen LogP contribution in [-0.2, 0) is 4.79 Å². The lowest BCUT2D eigenvalue weighted by molar-refractivity contribution is -0.114. The fourth-order valence-electron chi connectivity index (χ4n) is 4.25. The van der Waals surface area contributed by atoms with Gasteiger partial charge in [-0.05, 0) is 43.2 Å². The number of likely N-dealkylation sites (tertiary alicyclic amines) is 1. The van der Waals surface area contributed by atoms with Gasteiger partial charge < -0.3 is 25.0 Å². The Kier molecular flexibility index (Phi) is 8.12. The SMILES string of the molecule is CC(=O)Nc1ccccc1OC[C@@H](O)CN1CCC(n2c(=O)[nH]c3cc(F)ccc32)CC1.Cl. The van der Waals surface area contributed by atoms with Gasteiger partial charge in [0.1, 0.15) is 24.3 Å². The molecule has 2 heterocycles. The van der Waals surface area contributed by atoms with E-state index in [-0.39, 0.29) is 42.5 Å². The van der Waals surface area contributed by atoms with Crippen LogP contribution in [0.4, 0.5) is 10.1 Å². The number of hydrogen-bond donors (Lipinski definition) is 3. The van der Waals surface area contributed by atoms with Crippen LogP contribution in [0.25, 0.3) is 11.0 Å². The van der Waals surface area contributed by atoms with E-state index in [1.165, 1.54) is 19.1 Å². The van der Waals surface area contributed by atoms with Crippen molar-refractivity contribution >= 4 is 35.0 Å². The molecule has 1 aromatic heterocycles. The lowest BCUT2D eigenvalue weighted by atomic mass is 10.0. The maximum Gasteiger partial charge on any atom is 0.326 e. The van der Waals surface area contributed by atoms with Gasteiger partial charge in [-0.2, -0.15) is 0 Å². The van der Waals surface area contributed by atoms with Crippen LogP contribution < -0.4 is 15.7 Å². The average molecular weight is 479 g/mol. The highest BCUT2D eigenvalue weighted by Crippen LogP contribution is 2.26. The molecule has 1 fully saturated rings. The molecule has 2 aromatic carbocycles. The van der Waals surface area contributed by atoms with E-state index in [1.807, 2.05) is 0 Å². The predicted molar refractivity (Wildman–Crippen MR) is 127 cm³/mol. The average Bonchev–Trinajstić information content (AvgIpc) is 3.08. The monoisotopic (exact) mass is 478 g/mol. The Balaban J connectivity index is 0.00000306. The molecule has 0 spiro atoms. The van der Waals surface area contributed by atoms with E-state index in [1.54, 1.807) is 34.9 Å². The summed E-state index contributed by atoms with van der Waals surface area (Å²) >= 11 is 0. The van der Waals surface area contributed by atoms with Crippen LogP contribution in [0.5, 0.6) is 5.75 Å². The number of rotatable bonds is 7. The predicted octanol–water partition coefficient (Wildman–Crippen LogP) is 2.93. The molecule has 4 rings (SSSR count). The molecule has 3 N–H and O–H groups in total. The van der Waals surface area contributed by atoms with Gasteiger partial charge in [0.05, 0.1) is 16.7 Å². The standard InChI is InChI=1S/C23H27FN4O4.ClH/c1-15(29)25-19-4-2-3-5-22(19)32-14-18(30)13-27-10-8-17(9-11-27)28-21-7-6-16(24)12-20(21)26-23(28)31;/h2-7,12,17-18,30H,8-11,13-14H2,1H3,(H,25,29)(H,26,31);1H/t18-;/m0./s1. The molecule has 0 unspecified atom stereocenters. The van der Waals surface area contributed by atoms with Crippen molar-refractivity contribution < 1.29 is 19.0 Å². The number of hydrogen-bond acceptors (Lipinski definition) is 5. The number of fused-ring (bicyclic) bond motifs is 1. The molecule has 0 radical (unpaired) electrons. The van der Waals surface area contributed by atoms with Crippen molar-refractivity contribution in [3.05, 3.63) is 58.8 Å². The summed E-state index contributed by atoms with van der Waals surface area (Å²) in [4.78, 5) is 28.6. The number of aliphatic hydroxyl groups excluding tert-OH is 1. The molecule has 0 aliphatic carbocycles. The number of aliphatic hydroxyl groups is 1. The Hall–Kier alpha value is -2.88. The number of nitrogens with one attached hydrogen (secondary N) is 2. The molecule has 10 heteroatoms. The van der Waals surface area contributed by atoms with Gasteiger partial charge in [0.25, 0.3) is 0 Å². The molecular formula is C23H28ClFN4O4. The summed E-state index contributed by atoms with van der Waals surface area (Å²) in [5.74, 6) is -0.0591. The maximum absolute atomic E-state index is 13.5. The third-order valence-corrected chi connectivity index (χ3v) is 5.70. The number of aromatic amines is 1. The summed E-state index contributed by atoms with van der Waals surface area (Å²) in [6.45, 7) is 3.43. The van der Waals surface area contributed by atoms with Crippen molar-refractivity contribution in [1.82, 2.24) is 14.5 Å². The number of carbonyl (C=O) groups excluding carboxylic acids is 1. The van der Waals surface area contributed by atoms with Gasteiger partial charge in [-0.15, -0.1) is 12.4 Å². The first-order chi connectivity index (χ1) is 15.4. The fourth-order valence-corrected chi connectivity index (χ4v) is 4.25. The number of carbonyl (C=O) groups is 1. The maximum atomic E-state index is 13.5. The number of benzene rings is 2. The Morgan fingerprint density at radius 2 is 2.00 bits per heavy atom. The Morgan fingerprint density at radius 3 is 2.73 bits per heavy atom. The molecule has 1 aliphatic heterocycles. The van der Waals surface area contributed by atoms with Gasteiger partial charge in [0.2, 0.25) is 5.91 Å². The minimum atomic E-state index is -0.698. The van der Waals surface area contributed by atoms with Gasteiger partial charge in [0, 0.05) is 32.6 Å². The first-order valence-corrected chi connectivity index (χ1v) is 10.7. The number of ether oxygens (including phenoxy) is 1. The van der Waals surface area contributed by atoms with E-state index in [0.29, 0.717) is 29.0 Å². The van der Waals surface area contributed by atoms with Gasteiger partial charge in [-0.25, -0.2) is 9.18 Å². The summed E-state index contributed by atoms with van der Waals surface area (Å²) in [6.07, 6.45) is 0.808. The van der Waals surface area contributed by atoms with Crippen LogP contribution in [0.1, 0.15) is 25.8 Å². The number of H-pyrrole nitrogens is 1. The van der Waals surface area contributed by atoms with E-state index in [9.17, 15) is 19.1 Å². The fraction of sp³-hybridized carbons (Fsp3) is 0.391. The highest BCUT2D eigenvalue weighted by Gasteiger charge is 2.25. The number of piperidine rings is 1. The lowest BCUT2D eigenvalue weighted by Crippen LogP contribution is -2.42. The number of anilines is 1. The van der Waals surface area contributed by atoms with Gasteiger partial charge >= 0.3 is 5.69 Å². The quantitative estimate of drug-likeness (QED) is 0.485. The highest BCUT2D eigenvalue weighted by atomic mass is 35.5. The van der Waals surface area contributed by atoms with E-state index in [0.717, 1.165) is 25.9 Å². The molecule has 1 amide bonds. The van der Waals surface area contributed by atoms with Gasteiger partial charge in [-0.3, -0.25) is 9.36 Å². The number of nitrogens with zero attached hydrogens (tertiary/aromatic N) is 2. The zero-order valence-corrected chi connectivity index (χ0v) is 19.1. The van der Waals surface area contributed by atoms with Crippen LogP contribution in [0, 0.1) is 5.82 Å². The number of imidazole rings is 1. The molecular weight excluding hydrogens is 451 g/mol. The largest absolute Gasteiger partial charge is 0.489 e. The van der Waals surface area contributed by atoms with Crippen LogP contribution >= 0.6 is 12.4 Å². The third-order valence-electron chi connectivity index (χ3n) is 5.70. The van der Waals surface area contributed by atoms with Crippen LogP contribution in [0.3, 0.4) is 0 Å². The van der Waals surface area contributed by atoms with Crippen LogP contribution in [0.15, 0.2) is 47.3 Å². The third kappa shape index (κ3) is 5.93. The van der Waals surface area contributed by atoms with E-state index >= 15 is 0 Å². The molecule has 8 nitrogen and oxygen atoms in total. The summed E-state index contributed by atoms with van der Waals surface area (Å²) in [7, 11) is 0. The second-order valence-electron chi connectivity index (χ2n) is 8.14. The van der Waals surface area contributed by atoms with Crippen molar-refractivity contribution in [3.63, 3.8) is 0 Å². The molecule has 178 valence electrons. The highest BCUT2D eigenvalue weighted by molar-refractivity contribution is 5.90. The minimum absolute atomic E-state index is 0. The van der Waals surface area contributed by atoms with Crippen molar-refractivity contribution in [2.24, 2.45) is 0 Å². The zero-order chi connectivity index (χ0) is 22.7. The van der Waals surface area contributed by atoms with Crippen molar-refractivity contribution in [2.45, 2.75) is 31.9 Å². The number of para-hydroxylation sites is 2. The molecule has 1 saturated heterocycles. The number of amides is 1. The minimum Gasteiger partial charge on any atom is -0.489 e. The second-order valence-corrected chi connectivity index (χ2v) is 8.14. The molecule has 3 aromatic rings. The Labute approximate surface area is 196 Å². The first kappa shape index (κ1) is 24.8. The summed E-state index contributed by atoms with van der Waals surface area (Å²) in [5, 5.41) is 13.2. The van der Waals surface area contributed by atoms with Crippen LogP contribution in [-0.4, -0.2) is 57.8 Å². The Morgan fingerprint density at radius 1 is 1.27 bits per heavy atom. The van der Waals surface area contributed by atoms with Crippen molar-refractivity contribution in [3.8, 4) is 5.75 Å². The Bertz CT molecular complexity index is 1160. The molecule has 33 heavy (non-hydrogen) atoms. The van der Waals surface area contributed by atoms with Crippen molar-refractivity contribution in [2.75, 3.05) is 31.6 Å². The number of β-amino-alcohol motifs (C(OH)–C–C–N with tert-alkyl or cyclic N) is 1. The topological polar surface area (TPSA) is 99.6 Å². The summed E-state index contributed by atoms with van der Waals surface area (Å²) in [5.41, 5.74) is 1.55. The summed E-state index contributed by atoms with van der Waals surface area (Å²) < 4.78 is 20.9. The van der Waals surface area contributed by atoms with Crippen molar-refractivity contribution in [1.29, 1.82) is 0 Å². The lowest BCUT2D eigenvalue weighted by Gasteiger charge is -2.33. The van der Waals surface area contributed by atoms with E-state index in [4.69, 9.17) is 4.74 Å². The molecule has 1 aliphatic rings. The second kappa shape index (κ2) is 10.8. The zero-order valence-electron chi connectivity index (χ0n) is 18.3. The first-order valence-electron chi connectivity index (χ1n) is 10.7. The molecule has 1 atom stereocenters. The number of aromatic nitrogens is 2. The van der Waals surface area contributed by atoms with Gasteiger partial charge in [-0.1, -0.05) is 12.1 Å². The summed E-state index contributed by atoms with van der Waals surface area (Å²) in [6, 6.07) is 11.5. The van der Waals surface area contributed by atoms with E-state index in [2.05, 4.69) is 15.2 Å². The van der Waals surface area contributed by atoms with E-state index < -0.39 is 6.10 Å².